The van der Waals surface area contributed by atoms with Crippen LogP contribution >= 0.6 is 0 Å². The van der Waals surface area contributed by atoms with Gasteiger partial charge in [0.2, 0.25) is 6.36 Å². The molecule has 1 aliphatic rings. The van der Waals surface area contributed by atoms with E-state index in [0.29, 0.717) is 6.07 Å². The number of benzene rings is 4. The van der Waals surface area contributed by atoms with Crippen molar-refractivity contribution in [2.75, 3.05) is 0 Å². The molecule has 0 bridgehead atoms. The lowest BCUT2D eigenvalue weighted by molar-refractivity contribution is 0.0585. The summed E-state index contributed by atoms with van der Waals surface area (Å²) in [5.74, 6) is -5.00. The largest absolute Gasteiger partial charge is 0.458 e. The molecule has 5 rings (SSSR count). The van der Waals surface area contributed by atoms with E-state index in [-0.39, 0.29) is 28.2 Å². The molecule has 0 aromatic heterocycles. The van der Waals surface area contributed by atoms with Gasteiger partial charge >= 0.3 is 0 Å². The van der Waals surface area contributed by atoms with Crippen LogP contribution in [0.4, 0.5) is 30.7 Å². The van der Waals surface area contributed by atoms with E-state index in [2.05, 4.69) is 11.7 Å². The number of hydrogen-bond donors (Lipinski definition) is 0. The molecule has 0 saturated heterocycles. The molecule has 1 saturated carbocycles. The molecule has 9 heteroatoms. The summed E-state index contributed by atoms with van der Waals surface area (Å²) in [6.07, 6.45) is 2.16. The molecular weight excluding hydrogens is 597 g/mol. The Hall–Kier alpha value is -4.01. The predicted molar refractivity (Wildman–Crippen MR) is 159 cm³/mol. The summed E-state index contributed by atoms with van der Waals surface area (Å²) in [6, 6.07) is 13.0. The first-order valence-corrected chi connectivity index (χ1v) is 15.0. The van der Waals surface area contributed by atoms with E-state index in [1.807, 2.05) is 6.07 Å². The summed E-state index contributed by atoms with van der Waals surface area (Å²) in [6.45, 7) is 3.22. The first-order valence-electron chi connectivity index (χ1n) is 15.0. The highest BCUT2D eigenvalue weighted by atomic mass is 19.2. The Bertz CT molecular complexity index is 1620. The maximum atomic E-state index is 15.2. The van der Waals surface area contributed by atoms with Crippen molar-refractivity contribution in [3.8, 4) is 33.8 Å². The third-order valence-electron chi connectivity index (χ3n) is 8.34. The summed E-state index contributed by atoms with van der Waals surface area (Å²) in [5.41, 5.74) is -0.120. The molecule has 1 aliphatic carbocycles. The lowest BCUT2D eigenvalue weighted by Gasteiger charge is -2.28. The number of rotatable bonds is 10. The maximum Gasteiger partial charge on any atom is 0.269 e. The van der Waals surface area contributed by atoms with Gasteiger partial charge in [-0.1, -0.05) is 44.0 Å². The lowest BCUT2D eigenvalue weighted by atomic mass is 9.77. The Morgan fingerprint density at radius 1 is 0.667 bits per heavy atom. The summed E-state index contributed by atoms with van der Waals surface area (Å²) < 4.78 is 112. The van der Waals surface area contributed by atoms with Crippen LogP contribution < -0.4 is 9.47 Å². The van der Waals surface area contributed by atoms with Gasteiger partial charge in [0.15, 0.2) is 11.6 Å². The second kappa shape index (κ2) is 14.0. The molecule has 2 nitrogen and oxygen atoms in total. The molecule has 0 amide bonds. The Kier molecular flexibility index (Phi) is 10.0. The number of ether oxygens (including phenoxy) is 2. The average molecular weight is 631 g/mol. The Labute approximate surface area is 257 Å². The third-order valence-corrected chi connectivity index (χ3v) is 8.34. The molecule has 4 aromatic rings. The van der Waals surface area contributed by atoms with Gasteiger partial charge in [-0.3, -0.25) is 0 Å². The van der Waals surface area contributed by atoms with E-state index in [9.17, 15) is 22.0 Å². The van der Waals surface area contributed by atoms with E-state index in [1.165, 1.54) is 24.6 Å². The summed E-state index contributed by atoms with van der Waals surface area (Å²) in [4.78, 5) is 0. The Balaban J connectivity index is 1.31. The van der Waals surface area contributed by atoms with Gasteiger partial charge in [0.05, 0.1) is 5.56 Å². The second-order valence-electron chi connectivity index (χ2n) is 11.5. The van der Waals surface area contributed by atoms with Crippen LogP contribution in [0.1, 0.15) is 75.8 Å². The molecule has 0 spiro atoms. The number of halogens is 7. The van der Waals surface area contributed by atoms with E-state index < -0.39 is 58.9 Å². The highest BCUT2D eigenvalue weighted by molar-refractivity contribution is 5.72. The molecule has 1 fully saturated rings. The highest BCUT2D eigenvalue weighted by Gasteiger charge is 2.25. The topological polar surface area (TPSA) is 18.5 Å². The molecule has 0 N–H and O–H groups in total. The van der Waals surface area contributed by atoms with Crippen molar-refractivity contribution >= 4 is 0 Å². The quantitative estimate of drug-likeness (QED) is 0.162. The predicted octanol–water partition coefficient (Wildman–Crippen LogP) is 11.5. The van der Waals surface area contributed by atoms with Crippen molar-refractivity contribution in [3.05, 3.63) is 107 Å². The zero-order valence-electron chi connectivity index (χ0n) is 24.9. The molecule has 45 heavy (non-hydrogen) atoms. The first kappa shape index (κ1) is 32.4. The van der Waals surface area contributed by atoms with Crippen molar-refractivity contribution in [3.63, 3.8) is 0 Å². The van der Waals surface area contributed by atoms with Crippen molar-refractivity contribution in [2.45, 2.75) is 71.0 Å². The van der Waals surface area contributed by atoms with Gasteiger partial charge < -0.3 is 9.47 Å². The van der Waals surface area contributed by atoms with Crippen LogP contribution in [0.2, 0.25) is 0 Å². The average Bonchev–Trinajstić information content (AvgIpc) is 2.98. The van der Waals surface area contributed by atoms with Crippen molar-refractivity contribution in [1.29, 1.82) is 0 Å². The van der Waals surface area contributed by atoms with Gasteiger partial charge in [-0.15, -0.1) is 0 Å². The number of hydrogen-bond acceptors (Lipinski definition) is 2. The van der Waals surface area contributed by atoms with E-state index in [4.69, 9.17) is 4.74 Å². The van der Waals surface area contributed by atoms with Crippen LogP contribution in [-0.4, -0.2) is 6.36 Å². The molecule has 0 radical (unpaired) electrons. The normalized spacial score (nSPS) is 18.0. The second-order valence-corrected chi connectivity index (χ2v) is 11.5. The smallest absolute Gasteiger partial charge is 0.269 e. The zero-order chi connectivity index (χ0) is 32.2. The van der Waals surface area contributed by atoms with Crippen molar-refractivity contribution in [2.24, 2.45) is 5.92 Å². The molecule has 1 unspecified atom stereocenters. The minimum atomic E-state index is -2.69. The van der Waals surface area contributed by atoms with Crippen LogP contribution in [0.15, 0.2) is 66.7 Å². The summed E-state index contributed by atoms with van der Waals surface area (Å²) in [5, 5.41) is 0. The Morgan fingerprint density at radius 2 is 1.29 bits per heavy atom. The van der Waals surface area contributed by atoms with Crippen LogP contribution in [0.25, 0.3) is 22.3 Å². The van der Waals surface area contributed by atoms with Gasteiger partial charge in [0, 0.05) is 24.1 Å². The fourth-order valence-electron chi connectivity index (χ4n) is 6.09. The fraction of sp³-hybridized carbons (Fsp3) is 0.333. The first-order chi connectivity index (χ1) is 21.5. The molecular formula is C36H33F7O2. The van der Waals surface area contributed by atoms with E-state index >= 15 is 8.78 Å². The Morgan fingerprint density at radius 3 is 1.89 bits per heavy atom. The maximum absolute atomic E-state index is 15.2. The fourth-order valence-corrected chi connectivity index (χ4v) is 6.09. The van der Waals surface area contributed by atoms with Crippen LogP contribution in [0.5, 0.6) is 11.5 Å². The van der Waals surface area contributed by atoms with Gasteiger partial charge in [-0.25, -0.2) is 26.3 Å². The van der Waals surface area contributed by atoms with E-state index in [0.717, 1.165) is 80.8 Å². The lowest BCUT2D eigenvalue weighted by Crippen LogP contribution is -2.13. The molecule has 4 aromatic carbocycles. The minimum Gasteiger partial charge on any atom is -0.458 e. The minimum absolute atomic E-state index is 0.181. The molecule has 238 valence electrons. The van der Waals surface area contributed by atoms with Gasteiger partial charge in [-0.2, -0.15) is 4.39 Å². The van der Waals surface area contributed by atoms with Crippen LogP contribution in [-0.2, 0) is 0 Å². The van der Waals surface area contributed by atoms with Gasteiger partial charge in [-0.05, 0) is 90.6 Å². The third kappa shape index (κ3) is 7.45. The highest BCUT2D eigenvalue weighted by Crippen LogP contribution is 2.39. The van der Waals surface area contributed by atoms with Gasteiger partial charge in [0.25, 0.3) is 6.36 Å². The summed E-state index contributed by atoms with van der Waals surface area (Å²) in [7, 11) is 0. The number of alkyl halides is 2. The van der Waals surface area contributed by atoms with Crippen LogP contribution in [0, 0.1) is 35.0 Å². The van der Waals surface area contributed by atoms with Crippen molar-refractivity contribution in [1.82, 2.24) is 0 Å². The molecule has 0 aliphatic heterocycles. The van der Waals surface area contributed by atoms with Crippen LogP contribution in [0.3, 0.4) is 0 Å². The van der Waals surface area contributed by atoms with Gasteiger partial charge in [0.1, 0.15) is 29.0 Å². The zero-order valence-corrected chi connectivity index (χ0v) is 24.9. The van der Waals surface area contributed by atoms with E-state index in [1.54, 1.807) is 6.07 Å². The summed E-state index contributed by atoms with van der Waals surface area (Å²) >= 11 is 0. The van der Waals surface area contributed by atoms with Crippen molar-refractivity contribution < 1.29 is 40.2 Å². The monoisotopic (exact) mass is 630 g/mol. The standard InChI is InChI=1S/C36H33F7O2/c1-3-4-21-5-7-22(8-6-21)23-9-12-27(29(38)15-23)24-10-13-28(30(39)16-24)25-17-32(41)35(33(42)18-25)36(43)45-26-11-14-34(31(40)19-26)44-20(2)37/h9-22,36H,3-8H2,1-2H3/t20-,21?,22?,36?/m0/s1. The molecule has 0 heterocycles. The SMILES string of the molecule is CCCC1CCC(c2ccc(-c3ccc(-c4cc(F)c(C(F)Oc5ccc(O[C@@H](C)F)c(F)c5)c(F)c4)c(F)c3)c(F)c2)CC1. The molecule has 2 atom stereocenters.